The molecule has 0 saturated carbocycles. The molecule has 0 unspecified atom stereocenters. The normalized spacial score (nSPS) is 12.6. The van der Waals surface area contributed by atoms with Crippen molar-refractivity contribution in [3.05, 3.63) is 30.5 Å². The highest BCUT2D eigenvalue weighted by Crippen LogP contribution is 2.12. The first-order valence-corrected chi connectivity index (χ1v) is 8.09. The summed E-state index contributed by atoms with van der Waals surface area (Å²) >= 11 is 0. The van der Waals surface area contributed by atoms with Crippen LogP contribution in [-0.4, -0.2) is 36.7 Å². The topological polar surface area (TPSA) is 84.0 Å². The van der Waals surface area contributed by atoms with Crippen molar-refractivity contribution in [3.63, 3.8) is 0 Å². The Morgan fingerprint density at radius 1 is 1.25 bits per heavy atom. The number of benzene rings is 1. The lowest BCUT2D eigenvalue weighted by Crippen LogP contribution is -2.47. The number of fused-ring (bicyclic) bond motifs is 1. The van der Waals surface area contributed by atoms with E-state index in [1.54, 1.807) is 20.0 Å². The molecule has 0 radical (unpaired) electrons. The van der Waals surface area contributed by atoms with Gasteiger partial charge in [0.25, 0.3) is 0 Å². The second kappa shape index (κ2) is 5.34. The minimum absolute atomic E-state index is 0.387. The number of nitrogens with one attached hydrogen (secondary N) is 2. The predicted octanol–water partition coefficient (Wildman–Crippen LogP) is 1.37. The molecule has 0 fully saturated rings. The number of anilines is 1. The molecule has 1 aromatic heterocycles. The van der Waals surface area contributed by atoms with Gasteiger partial charge in [0.15, 0.2) is 0 Å². The summed E-state index contributed by atoms with van der Waals surface area (Å²) in [5.41, 5.74) is 0.224. The van der Waals surface area contributed by atoms with Gasteiger partial charge in [0.2, 0.25) is 16.0 Å². The first-order valence-electron chi connectivity index (χ1n) is 6.20. The minimum atomic E-state index is -3.25. The first kappa shape index (κ1) is 14.7. The Morgan fingerprint density at radius 3 is 2.65 bits per heavy atom. The molecule has 2 aromatic rings. The van der Waals surface area contributed by atoms with Gasteiger partial charge in [-0.25, -0.2) is 23.1 Å². The number of rotatable bonds is 5. The maximum absolute atomic E-state index is 11.3. The maximum Gasteiger partial charge on any atom is 0.223 e. The molecule has 20 heavy (non-hydrogen) atoms. The molecule has 0 aliphatic heterocycles. The summed E-state index contributed by atoms with van der Waals surface area (Å²) < 4.78 is 25.1. The predicted molar refractivity (Wildman–Crippen MR) is 80.1 cm³/mol. The fourth-order valence-corrected chi connectivity index (χ4v) is 2.97. The van der Waals surface area contributed by atoms with Crippen LogP contribution < -0.4 is 10.0 Å². The molecule has 0 atom stereocenters. The van der Waals surface area contributed by atoms with Crippen molar-refractivity contribution >= 4 is 26.9 Å². The average Bonchev–Trinajstić information content (AvgIpc) is 2.33. The fraction of sp³-hybridized carbons (Fsp3) is 0.385. The second-order valence-electron chi connectivity index (χ2n) is 5.36. The van der Waals surface area contributed by atoms with Crippen molar-refractivity contribution in [3.8, 4) is 0 Å². The summed E-state index contributed by atoms with van der Waals surface area (Å²) in [5.74, 6) is 0.479. The molecular formula is C13H18N4O2S. The highest BCUT2D eigenvalue weighted by Gasteiger charge is 2.22. The number of nitrogens with zero attached hydrogens (tertiary/aromatic N) is 2. The molecule has 2 N–H and O–H groups in total. The van der Waals surface area contributed by atoms with Crippen LogP contribution in [0.4, 0.5) is 5.95 Å². The first-order chi connectivity index (χ1) is 9.25. The van der Waals surface area contributed by atoms with E-state index >= 15 is 0 Å². The summed E-state index contributed by atoms with van der Waals surface area (Å²) in [6, 6.07) is 7.68. The van der Waals surface area contributed by atoms with Crippen LogP contribution in [0.1, 0.15) is 13.8 Å². The molecule has 7 heteroatoms. The lowest BCUT2D eigenvalue weighted by atomic mass is 10.1. The summed E-state index contributed by atoms with van der Waals surface area (Å²) in [6.07, 6.45) is 2.88. The molecule has 6 nitrogen and oxygen atoms in total. The molecule has 108 valence electrons. The number of sulfonamides is 1. The highest BCUT2D eigenvalue weighted by atomic mass is 32.2. The van der Waals surface area contributed by atoms with Crippen molar-refractivity contribution in [2.45, 2.75) is 19.4 Å². The van der Waals surface area contributed by atoms with Crippen LogP contribution in [0.5, 0.6) is 0 Å². The lowest BCUT2D eigenvalue weighted by molar-refractivity contribution is 0.475. The lowest BCUT2D eigenvalue weighted by Gasteiger charge is -2.25. The smallest absolute Gasteiger partial charge is 0.223 e. The maximum atomic E-state index is 11.3. The third-order valence-corrected chi connectivity index (χ3v) is 3.56. The van der Waals surface area contributed by atoms with Gasteiger partial charge in [-0.2, -0.15) is 0 Å². The Kier molecular flexibility index (Phi) is 3.92. The summed E-state index contributed by atoms with van der Waals surface area (Å²) in [6.45, 7) is 3.97. The monoisotopic (exact) mass is 294 g/mol. The summed E-state index contributed by atoms with van der Waals surface area (Å²) in [4.78, 5) is 8.58. The van der Waals surface area contributed by atoms with Gasteiger partial charge in [-0.05, 0) is 19.9 Å². The molecule has 0 aliphatic rings. The molecule has 0 saturated heterocycles. The molecule has 0 bridgehead atoms. The zero-order valence-electron chi connectivity index (χ0n) is 11.7. The molecule has 1 aromatic carbocycles. The van der Waals surface area contributed by atoms with E-state index in [-0.39, 0.29) is 0 Å². The van der Waals surface area contributed by atoms with Crippen molar-refractivity contribution < 1.29 is 8.42 Å². The molecule has 0 amide bonds. The fourth-order valence-electron chi connectivity index (χ4n) is 1.90. The Labute approximate surface area is 118 Å². The van der Waals surface area contributed by atoms with Crippen LogP contribution in [0.2, 0.25) is 0 Å². The molecule has 1 heterocycles. The molecule has 0 spiro atoms. The van der Waals surface area contributed by atoms with E-state index in [2.05, 4.69) is 20.0 Å². The number of hydrogen-bond acceptors (Lipinski definition) is 5. The number of para-hydroxylation sites is 1. The van der Waals surface area contributed by atoms with Crippen LogP contribution in [0, 0.1) is 0 Å². The Balaban J connectivity index is 2.09. The largest absolute Gasteiger partial charge is 0.352 e. The van der Waals surface area contributed by atoms with E-state index in [4.69, 9.17) is 0 Å². The van der Waals surface area contributed by atoms with Crippen LogP contribution in [0.3, 0.4) is 0 Å². The summed E-state index contributed by atoms with van der Waals surface area (Å²) in [5, 5.41) is 4.01. The van der Waals surface area contributed by atoms with Gasteiger partial charge in [-0.15, -0.1) is 0 Å². The highest BCUT2D eigenvalue weighted by molar-refractivity contribution is 7.88. The van der Waals surface area contributed by atoms with Gasteiger partial charge in [0.05, 0.1) is 11.8 Å². The van der Waals surface area contributed by atoms with Gasteiger partial charge in [-0.1, -0.05) is 18.2 Å². The minimum Gasteiger partial charge on any atom is -0.352 e. The van der Waals surface area contributed by atoms with E-state index in [1.807, 2.05) is 24.3 Å². The van der Waals surface area contributed by atoms with E-state index in [9.17, 15) is 8.42 Å². The third-order valence-electron chi connectivity index (χ3n) is 2.64. The van der Waals surface area contributed by atoms with E-state index in [0.717, 1.165) is 17.2 Å². The molecule has 0 aliphatic carbocycles. The molecular weight excluding hydrogens is 276 g/mol. The van der Waals surface area contributed by atoms with Crippen molar-refractivity contribution in [1.82, 2.24) is 14.7 Å². The SMILES string of the molecule is CC(C)(CNc1ncc2ccccc2n1)NS(C)(=O)=O. The standard InChI is InChI=1S/C13H18N4O2S/c1-13(2,17-20(3,18)19)9-15-12-14-8-10-6-4-5-7-11(10)16-12/h4-8,17H,9H2,1-3H3,(H,14,15,16). The Hall–Kier alpha value is -1.73. The number of hydrogen-bond donors (Lipinski definition) is 2. The Bertz CT molecular complexity index is 713. The van der Waals surface area contributed by atoms with Crippen molar-refractivity contribution in [2.24, 2.45) is 0 Å². The van der Waals surface area contributed by atoms with Gasteiger partial charge in [0.1, 0.15) is 0 Å². The van der Waals surface area contributed by atoms with Crippen LogP contribution in [0.25, 0.3) is 10.9 Å². The van der Waals surface area contributed by atoms with Gasteiger partial charge >= 0.3 is 0 Å². The second-order valence-corrected chi connectivity index (χ2v) is 7.11. The zero-order chi connectivity index (χ0) is 14.8. The van der Waals surface area contributed by atoms with Gasteiger partial charge < -0.3 is 5.32 Å². The van der Waals surface area contributed by atoms with Crippen LogP contribution in [0.15, 0.2) is 30.5 Å². The third kappa shape index (κ3) is 4.14. The van der Waals surface area contributed by atoms with Crippen LogP contribution >= 0.6 is 0 Å². The zero-order valence-corrected chi connectivity index (χ0v) is 12.5. The van der Waals surface area contributed by atoms with Gasteiger partial charge in [-0.3, -0.25) is 0 Å². The van der Waals surface area contributed by atoms with E-state index in [0.29, 0.717) is 12.5 Å². The summed E-state index contributed by atoms with van der Waals surface area (Å²) in [7, 11) is -3.25. The quantitative estimate of drug-likeness (QED) is 0.870. The van der Waals surface area contributed by atoms with Crippen LogP contribution in [-0.2, 0) is 10.0 Å². The van der Waals surface area contributed by atoms with E-state index in [1.165, 1.54) is 0 Å². The molecule has 2 rings (SSSR count). The Morgan fingerprint density at radius 2 is 1.95 bits per heavy atom. The van der Waals surface area contributed by atoms with Crippen molar-refractivity contribution in [2.75, 3.05) is 18.1 Å². The van der Waals surface area contributed by atoms with Gasteiger partial charge in [0, 0.05) is 23.7 Å². The average molecular weight is 294 g/mol. The number of aromatic nitrogens is 2. The van der Waals surface area contributed by atoms with Crippen molar-refractivity contribution in [1.29, 1.82) is 0 Å². The van der Waals surface area contributed by atoms with E-state index < -0.39 is 15.6 Å².